The van der Waals surface area contributed by atoms with Gasteiger partial charge in [0.15, 0.2) is 5.76 Å². The molecule has 0 saturated carbocycles. The van der Waals surface area contributed by atoms with E-state index in [1.807, 2.05) is 17.8 Å². The molecule has 0 N–H and O–H groups in total. The maximum Gasteiger partial charge on any atom is 0.313 e. The van der Waals surface area contributed by atoms with Crippen LogP contribution in [0, 0.1) is 11.8 Å². The molecule has 0 aliphatic carbocycles. The Balaban J connectivity index is 1.90. The summed E-state index contributed by atoms with van der Waals surface area (Å²) in [6.45, 7) is 13.6. The third kappa shape index (κ3) is 5.08. The van der Waals surface area contributed by atoms with E-state index in [9.17, 15) is 4.79 Å². The zero-order valence-corrected chi connectivity index (χ0v) is 19.1. The second-order valence-corrected chi connectivity index (χ2v) is 10.5. The molecule has 0 amide bonds. The summed E-state index contributed by atoms with van der Waals surface area (Å²) in [4.78, 5) is 13.0. The summed E-state index contributed by atoms with van der Waals surface area (Å²) in [5.41, 5.74) is 3.81. The maximum atomic E-state index is 11.6. The van der Waals surface area contributed by atoms with Crippen molar-refractivity contribution in [1.82, 2.24) is 0 Å². The van der Waals surface area contributed by atoms with Crippen molar-refractivity contribution in [2.45, 2.75) is 75.9 Å². The average molecular weight is 411 g/mol. The van der Waals surface area contributed by atoms with E-state index in [1.165, 1.54) is 16.0 Å². The molecule has 0 atom stereocenters. The standard InChI is InChI=1S/C25H30O3S/c1-7-17-14-22-21(24(3,4)16-25(5,6)29-22)13-18(17)9-10-19-11-12-20(28-19)15-23(26)27-8-2/h11-14H,7-8,15-16H2,1-6H3. The first-order valence-corrected chi connectivity index (χ1v) is 11.1. The Labute approximate surface area is 178 Å². The molecule has 0 saturated heterocycles. The van der Waals surface area contributed by atoms with E-state index in [2.05, 4.69) is 58.6 Å². The third-order valence-electron chi connectivity index (χ3n) is 5.18. The summed E-state index contributed by atoms with van der Waals surface area (Å²) in [7, 11) is 0. The lowest BCUT2D eigenvalue weighted by molar-refractivity contribution is -0.142. The van der Waals surface area contributed by atoms with Crippen LogP contribution < -0.4 is 0 Å². The Morgan fingerprint density at radius 1 is 1.17 bits per heavy atom. The lowest BCUT2D eigenvalue weighted by Gasteiger charge is -2.42. The Hall–Kier alpha value is -2.12. The van der Waals surface area contributed by atoms with E-state index >= 15 is 0 Å². The molecular formula is C25H30O3S. The van der Waals surface area contributed by atoms with Crippen molar-refractivity contribution in [1.29, 1.82) is 0 Å². The normalized spacial score (nSPS) is 16.5. The van der Waals surface area contributed by atoms with Crippen molar-refractivity contribution in [2.24, 2.45) is 0 Å². The second kappa shape index (κ2) is 8.32. The van der Waals surface area contributed by atoms with Crippen molar-refractivity contribution in [3.63, 3.8) is 0 Å². The summed E-state index contributed by atoms with van der Waals surface area (Å²) < 4.78 is 10.9. The molecule has 2 aromatic rings. The van der Waals surface area contributed by atoms with Gasteiger partial charge in [0.2, 0.25) is 0 Å². The van der Waals surface area contributed by atoms with Gasteiger partial charge in [-0.05, 0) is 66.5 Å². The second-order valence-electron chi connectivity index (χ2n) is 8.78. The fourth-order valence-electron chi connectivity index (χ4n) is 4.16. The number of hydrogen-bond acceptors (Lipinski definition) is 4. The number of esters is 1. The summed E-state index contributed by atoms with van der Waals surface area (Å²) in [6, 6.07) is 8.19. The first kappa shape index (κ1) is 21.6. The van der Waals surface area contributed by atoms with Gasteiger partial charge in [0, 0.05) is 15.2 Å². The Morgan fingerprint density at radius 2 is 1.93 bits per heavy atom. The zero-order chi connectivity index (χ0) is 21.2. The number of aryl methyl sites for hydroxylation is 1. The maximum absolute atomic E-state index is 11.6. The van der Waals surface area contributed by atoms with Crippen LogP contribution in [0.25, 0.3) is 0 Å². The predicted octanol–water partition coefficient (Wildman–Crippen LogP) is 5.90. The Kier molecular flexibility index (Phi) is 6.19. The third-order valence-corrected chi connectivity index (χ3v) is 6.43. The van der Waals surface area contributed by atoms with Gasteiger partial charge >= 0.3 is 5.97 Å². The Morgan fingerprint density at radius 3 is 2.62 bits per heavy atom. The van der Waals surface area contributed by atoms with Gasteiger partial charge in [0.1, 0.15) is 12.2 Å². The first-order chi connectivity index (χ1) is 13.6. The molecule has 1 aromatic heterocycles. The zero-order valence-electron chi connectivity index (χ0n) is 18.3. The van der Waals surface area contributed by atoms with Gasteiger partial charge < -0.3 is 9.15 Å². The SMILES string of the molecule is CCOC(=O)Cc1ccc(C#Cc2cc3c(cc2CC)SC(C)(C)CC3(C)C)o1. The summed E-state index contributed by atoms with van der Waals surface area (Å²) in [5, 5.41) is 0. The quantitative estimate of drug-likeness (QED) is 0.465. The Bertz CT molecular complexity index is 970. The van der Waals surface area contributed by atoms with Crippen LogP contribution in [0.2, 0.25) is 0 Å². The van der Waals surface area contributed by atoms with Gasteiger partial charge in [-0.25, -0.2) is 0 Å². The minimum Gasteiger partial charge on any atom is -0.466 e. The predicted molar refractivity (Wildman–Crippen MR) is 118 cm³/mol. The lowest BCUT2D eigenvalue weighted by atomic mass is 9.76. The highest BCUT2D eigenvalue weighted by atomic mass is 32.2. The van der Waals surface area contributed by atoms with Crippen molar-refractivity contribution >= 4 is 17.7 Å². The first-order valence-electron chi connectivity index (χ1n) is 10.3. The summed E-state index contributed by atoms with van der Waals surface area (Å²) >= 11 is 1.97. The van der Waals surface area contributed by atoms with Gasteiger partial charge in [0.25, 0.3) is 0 Å². The van der Waals surface area contributed by atoms with Crippen molar-refractivity contribution < 1.29 is 13.9 Å². The molecule has 29 heavy (non-hydrogen) atoms. The number of rotatable bonds is 4. The molecule has 0 spiro atoms. The van der Waals surface area contributed by atoms with Crippen LogP contribution in [0.5, 0.6) is 0 Å². The number of benzene rings is 1. The van der Waals surface area contributed by atoms with Crippen LogP contribution in [0.15, 0.2) is 33.6 Å². The molecule has 3 nitrogen and oxygen atoms in total. The van der Waals surface area contributed by atoms with E-state index in [0.717, 1.165) is 18.4 Å². The molecule has 2 heterocycles. The van der Waals surface area contributed by atoms with Gasteiger partial charge in [-0.2, -0.15) is 0 Å². The topological polar surface area (TPSA) is 39.4 Å². The van der Waals surface area contributed by atoms with Crippen LogP contribution in [-0.2, 0) is 27.8 Å². The van der Waals surface area contributed by atoms with E-state index in [4.69, 9.17) is 9.15 Å². The molecule has 1 aromatic carbocycles. The number of ether oxygens (including phenoxy) is 1. The number of carbonyl (C=O) groups excluding carboxylic acids is 1. The molecule has 154 valence electrons. The van der Waals surface area contributed by atoms with Gasteiger partial charge in [-0.15, -0.1) is 11.8 Å². The van der Waals surface area contributed by atoms with Crippen LogP contribution in [0.1, 0.15) is 76.2 Å². The highest BCUT2D eigenvalue weighted by molar-refractivity contribution is 8.00. The van der Waals surface area contributed by atoms with Crippen LogP contribution in [0.4, 0.5) is 0 Å². The van der Waals surface area contributed by atoms with Gasteiger partial charge in [0.05, 0.1) is 6.61 Å². The molecular weight excluding hydrogens is 380 g/mol. The molecule has 0 unspecified atom stereocenters. The number of thioether (sulfide) groups is 1. The number of carbonyl (C=O) groups is 1. The van der Waals surface area contributed by atoms with Crippen molar-refractivity contribution in [3.05, 3.63) is 52.5 Å². The van der Waals surface area contributed by atoms with E-state index in [0.29, 0.717) is 18.1 Å². The monoisotopic (exact) mass is 410 g/mol. The van der Waals surface area contributed by atoms with Crippen molar-refractivity contribution in [3.8, 4) is 11.8 Å². The van der Waals surface area contributed by atoms with Crippen LogP contribution in [-0.4, -0.2) is 17.3 Å². The van der Waals surface area contributed by atoms with E-state index in [1.54, 1.807) is 13.0 Å². The fraction of sp³-hybridized carbons (Fsp3) is 0.480. The molecule has 3 rings (SSSR count). The number of fused-ring (bicyclic) bond motifs is 1. The van der Waals surface area contributed by atoms with E-state index < -0.39 is 0 Å². The summed E-state index contributed by atoms with van der Waals surface area (Å²) in [5.74, 6) is 7.31. The molecule has 4 heteroatoms. The lowest BCUT2D eigenvalue weighted by Crippen LogP contribution is -2.33. The highest BCUT2D eigenvalue weighted by Crippen LogP contribution is 2.51. The number of furan rings is 1. The highest BCUT2D eigenvalue weighted by Gasteiger charge is 2.38. The minimum absolute atomic E-state index is 0.115. The van der Waals surface area contributed by atoms with Gasteiger partial charge in [-0.3, -0.25) is 4.79 Å². The smallest absolute Gasteiger partial charge is 0.313 e. The molecule has 0 radical (unpaired) electrons. The number of hydrogen-bond donors (Lipinski definition) is 0. The van der Waals surface area contributed by atoms with Crippen molar-refractivity contribution in [2.75, 3.05) is 6.61 Å². The molecule has 0 fully saturated rings. The van der Waals surface area contributed by atoms with E-state index in [-0.39, 0.29) is 22.6 Å². The van der Waals surface area contributed by atoms with Crippen LogP contribution in [0.3, 0.4) is 0 Å². The summed E-state index contributed by atoms with van der Waals surface area (Å²) in [6.07, 6.45) is 2.20. The average Bonchev–Trinajstić information content (AvgIpc) is 3.05. The molecule has 0 bridgehead atoms. The largest absolute Gasteiger partial charge is 0.466 e. The van der Waals surface area contributed by atoms with Gasteiger partial charge in [-0.1, -0.05) is 40.5 Å². The molecule has 1 aliphatic rings. The minimum atomic E-state index is -0.285. The molecule has 1 aliphatic heterocycles. The van der Waals surface area contributed by atoms with Crippen LogP contribution >= 0.6 is 11.8 Å². The fourth-order valence-corrected chi connectivity index (χ4v) is 5.84.